The topological polar surface area (TPSA) is 40.1 Å². The highest BCUT2D eigenvalue weighted by Gasteiger charge is 2.33. The highest BCUT2D eigenvalue weighted by Crippen LogP contribution is 2.24. The number of rotatable bonds is 4. The van der Waals surface area contributed by atoms with Gasteiger partial charge in [0.2, 0.25) is 0 Å². The molecule has 0 aliphatic heterocycles. The molecular formula is C12H17O2Si-. The van der Waals surface area contributed by atoms with Crippen LogP contribution in [0.1, 0.15) is 13.3 Å². The molecule has 1 atom stereocenters. The van der Waals surface area contributed by atoms with Gasteiger partial charge < -0.3 is 9.90 Å². The van der Waals surface area contributed by atoms with Crippen molar-refractivity contribution in [3.05, 3.63) is 30.3 Å². The Hall–Kier alpha value is -1.09. The predicted octanol–water partition coefficient (Wildman–Crippen LogP) is 1.13. The molecule has 0 radical (unpaired) electrons. The van der Waals surface area contributed by atoms with E-state index in [4.69, 9.17) is 0 Å². The molecule has 2 nitrogen and oxygen atoms in total. The van der Waals surface area contributed by atoms with E-state index in [1.165, 1.54) is 5.19 Å². The number of carbonyl (C=O) groups is 1. The lowest BCUT2D eigenvalue weighted by atomic mass is 10.3. The first kappa shape index (κ1) is 12.0. The van der Waals surface area contributed by atoms with Crippen molar-refractivity contribution in [3.8, 4) is 0 Å². The van der Waals surface area contributed by atoms with E-state index in [0.717, 1.165) is 0 Å². The zero-order chi connectivity index (χ0) is 11.5. The quantitative estimate of drug-likeness (QED) is 0.715. The number of hydrogen-bond acceptors (Lipinski definition) is 2. The summed E-state index contributed by atoms with van der Waals surface area (Å²) in [5.41, 5.74) is -0.306. The largest absolute Gasteiger partial charge is 0.550 e. The van der Waals surface area contributed by atoms with E-state index in [1.807, 2.05) is 37.3 Å². The Morgan fingerprint density at radius 2 is 1.87 bits per heavy atom. The van der Waals surface area contributed by atoms with Crippen LogP contribution in [0.4, 0.5) is 0 Å². The molecule has 1 unspecified atom stereocenters. The molecular weight excluding hydrogens is 204 g/mol. The Balaban J connectivity index is 3.05. The first-order valence-corrected chi connectivity index (χ1v) is 8.34. The van der Waals surface area contributed by atoms with Gasteiger partial charge in [0.1, 0.15) is 0 Å². The second-order valence-electron chi connectivity index (χ2n) is 4.37. The molecule has 0 bridgehead atoms. The van der Waals surface area contributed by atoms with Gasteiger partial charge >= 0.3 is 0 Å². The van der Waals surface area contributed by atoms with Crippen LogP contribution in [0.15, 0.2) is 30.3 Å². The minimum atomic E-state index is -1.93. The maximum absolute atomic E-state index is 11.1. The first-order valence-electron chi connectivity index (χ1n) is 5.26. The molecule has 1 aromatic rings. The van der Waals surface area contributed by atoms with Gasteiger partial charge in [-0.3, -0.25) is 0 Å². The summed E-state index contributed by atoms with van der Waals surface area (Å²) in [5.74, 6) is -0.905. The van der Waals surface area contributed by atoms with Gasteiger partial charge in [-0.25, -0.2) is 0 Å². The molecule has 0 saturated carbocycles. The standard InChI is InChI=1S/C12H18O2Si/c1-4-11(12(13)14)15(2,3)10-8-6-5-7-9-10/h5-9,11H,4H2,1-3H3,(H,13,14)/p-1. The van der Waals surface area contributed by atoms with Gasteiger partial charge in [0.15, 0.2) is 0 Å². The van der Waals surface area contributed by atoms with Crippen LogP contribution in [0.3, 0.4) is 0 Å². The van der Waals surface area contributed by atoms with Crippen molar-refractivity contribution in [2.45, 2.75) is 32.0 Å². The summed E-state index contributed by atoms with van der Waals surface area (Å²) in [7, 11) is -1.93. The molecule has 15 heavy (non-hydrogen) atoms. The first-order chi connectivity index (χ1) is 7.00. The Labute approximate surface area is 92.0 Å². The van der Waals surface area contributed by atoms with E-state index in [2.05, 4.69) is 13.1 Å². The van der Waals surface area contributed by atoms with E-state index in [0.29, 0.717) is 6.42 Å². The van der Waals surface area contributed by atoms with E-state index in [1.54, 1.807) is 0 Å². The Bertz CT molecular complexity index is 333. The Kier molecular flexibility index (Phi) is 3.69. The van der Waals surface area contributed by atoms with Crippen LogP contribution in [0.2, 0.25) is 18.6 Å². The SMILES string of the molecule is CCC(C(=O)[O-])[Si](C)(C)c1ccccc1. The molecule has 0 N–H and O–H groups in total. The summed E-state index contributed by atoms with van der Waals surface area (Å²) in [5, 5.41) is 12.3. The summed E-state index contributed by atoms with van der Waals surface area (Å²) in [6, 6.07) is 9.93. The molecule has 0 aromatic heterocycles. The predicted molar refractivity (Wildman–Crippen MR) is 62.6 cm³/mol. The number of carbonyl (C=O) groups excluding carboxylic acids is 1. The van der Waals surface area contributed by atoms with E-state index in [-0.39, 0.29) is 5.54 Å². The van der Waals surface area contributed by atoms with E-state index < -0.39 is 14.0 Å². The maximum atomic E-state index is 11.1. The number of hydrogen-bond donors (Lipinski definition) is 0. The molecule has 82 valence electrons. The van der Waals surface area contributed by atoms with Crippen molar-refractivity contribution < 1.29 is 9.90 Å². The summed E-state index contributed by atoms with van der Waals surface area (Å²) in [4.78, 5) is 11.1. The molecule has 0 spiro atoms. The van der Waals surface area contributed by atoms with Gasteiger partial charge in [-0.1, -0.05) is 62.0 Å². The third-order valence-electron chi connectivity index (χ3n) is 3.08. The minimum absolute atomic E-state index is 0.306. The van der Waals surface area contributed by atoms with Crippen LogP contribution in [0.25, 0.3) is 0 Å². The second-order valence-corrected chi connectivity index (χ2v) is 9.09. The van der Waals surface area contributed by atoms with Crippen molar-refractivity contribution >= 4 is 19.2 Å². The molecule has 0 saturated heterocycles. The van der Waals surface area contributed by atoms with Gasteiger partial charge in [0.05, 0.1) is 8.07 Å². The second kappa shape index (κ2) is 4.62. The summed E-state index contributed by atoms with van der Waals surface area (Å²) < 4.78 is 0. The highest BCUT2D eigenvalue weighted by molar-refractivity contribution is 6.93. The molecule has 0 amide bonds. The van der Waals surface area contributed by atoms with Crippen molar-refractivity contribution in [2.75, 3.05) is 0 Å². The monoisotopic (exact) mass is 221 g/mol. The molecule has 0 heterocycles. The van der Waals surface area contributed by atoms with Crippen molar-refractivity contribution in [1.82, 2.24) is 0 Å². The zero-order valence-corrected chi connectivity index (χ0v) is 10.5. The van der Waals surface area contributed by atoms with Crippen molar-refractivity contribution in [3.63, 3.8) is 0 Å². The lowest BCUT2D eigenvalue weighted by molar-refractivity contribution is -0.305. The third kappa shape index (κ3) is 2.48. The van der Waals surface area contributed by atoms with E-state index in [9.17, 15) is 9.90 Å². The number of carboxylic acid groups (broad SMARTS) is 1. The lowest BCUT2D eigenvalue weighted by Crippen LogP contribution is -2.51. The number of aliphatic carboxylic acids is 1. The molecule has 0 aliphatic carbocycles. The molecule has 0 aliphatic rings. The molecule has 3 heteroatoms. The fourth-order valence-electron chi connectivity index (χ4n) is 2.04. The lowest BCUT2D eigenvalue weighted by Gasteiger charge is -2.33. The van der Waals surface area contributed by atoms with Gasteiger partial charge in [0, 0.05) is 5.97 Å². The summed E-state index contributed by atoms with van der Waals surface area (Å²) in [6.45, 7) is 6.09. The van der Waals surface area contributed by atoms with Crippen molar-refractivity contribution in [2.24, 2.45) is 0 Å². The van der Waals surface area contributed by atoms with Crippen LogP contribution in [-0.4, -0.2) is 14.0 Å². The Morgan fingerprint density at radius 1 is 1.33 bits per heavy atom. The third-order valence-corrected chi connectivity index (χ3v) is 7.29. The van der Waals surface area contributed by atoms with Crippen molar-refractivity contribution in [1.29, 1.82) is 0 Å². The fourth-order valence-corrected chi connectivity index (χ4v) is 5.10. The van der Waals surface area contributed by atoms with E-state index >= 15 is 0 Å². The highest BCUT2D eigenvalue weighted by atomic mass is 28.3. The number of benzene rings is 1. The maximum Gasteiger partial charge on any atom is 0.0892 e. The van der Waals surface area contributed by atoms with Gasteiger partial charge in [0.25, 0.3) is 0 Å². The van der Waals surface area contributed by atoms with Crippen LogP contribution in [-0.2, 0) is 4.79 Å². The average Bonchev–Trinajstić information content (AvgIpc) is 2.19. The molecule has 1 aromatic carbocycles. The smallest absolute Gasteiger partial charge is 0.0892 e. The van der Waals surface area contributed by atoms with Crippen LogP contribution in [0.5, 0.6) is 0 Å². The van der Waals surface area contributed by atoms with Crippen LogP contribution < -0.4 is 10.3 Å². The number of carboxylic acids is 1. The Morgan fingerprint density at radius 3 is 2.27 bits per heavy atom. The van der Waals surface area contributed by atoms with Crippen LogP contribution >= 0.6 is 0 Å². The minimum Gasteiger partial charge on any atom is -0.550 e. The van der Waals surface area contributed by atoms with Gasteiger partial charge in [-0.2, -0.15) is 0 Å². The van der Waals surface area contributed by atoms with Gasteiger partial charge in [-0.15, -0.1) is 0 Å². The zero-order valence-electron chi connectivity index (χ0n) is 9.49. The summed E-state index contributed by atoms with van der Waals surface area (Å²) >= 11 is 0. The van der Waals surface area contributed by atoms with Crippen LogP contribution in [0, 0.1) is 0 Å². The normalized spacial score (nSPS) is 13.5. The van der Waals surface area contributed by atoms with Gasteiger partial charge in [-0.05, 0) is 5.54 Å². The fraction of sp³-hybridized carbons (Fsp3) is 0.417. The summed E-state index contributed by atoms with van der Waals surface area (Å²) in [6.07, 6.45) is 0.649. The average molecular weight is 221 g/mol. The molecule has 0 fully saturated rings. The molecule has 1 rings (SSSR count).